The highest BCUT2D eigenvalue weighted by Crippen LogP contribution is 2.35. The van der Waals surface area contributed by atoms with E-state index in [0.29, 0.717) is 16.6 Å². The molecule has 0 heterocycles. The molecule has 0 unspecified atom stereocenters. The molecule has 0 bridgehead atoms. The van der Waals surface area contributed by atoms with Crippen LogP contribution >= 0.6 is 31.9 Å². The van der Waals surface area contributed by atoms with Gasteiger partial charge in [-0.15, -0.1) is 0 Å². The summed E-state index contributed by atoms with van der Waals surface area (Å²) in [6.45, 7) is 3.99. The summed E-state index contributed by atoms with van der Waals surface area (Å²) in [5.74, 6) is -1.16. The van der Waals surface area contributed by atoms with Crippen molar-refractivity contribution in [3.63, 3.8) is 0 Å². The van der Waals surface area contributed by atoms with Crippen LogP contribution in [0, 0.1) is 11.6 Å². The van der Waals surface area contributed by atoms with Crippen LogP contribution in [0.2, 0.25) is 0 Å². The zero-order chi connectivity index (χ0) is 15.6. The first-order chi connectivity index (χ1) is 9.92. The molecule has 2 aromatic carbocycles. The van der Waals surface area contributed by atoms with Crippen molar-refractivity contribution in [1.29, 1.82) is 0 Å². The van der Waals surface area contributed by atoms with E-state index in [4.69, 9.17) is 4.74 Å². The molecule has 2 rings (SSSR count). The minimum absolute atomic E-state index is 0.172. The quantitative estimate of drug-likeness (QED) is 0.511. The summed E-state index contributed by atoms with van der Waals surface area (Å²) >= 11 is 6.57. The van der Waals surface area contributed by atoms with Gasteiger partial charge >= 0.3 is 0 Å². The van der Waals surface area contributed by atoms with Crippen molar-refractivity contribution < 1.29 is 13.5 Å². The fourth-order valence-corrected chi connectivity index (χ4v) is 2.66. The summed E-state index contributed by atoms with van der Waals surface area (Å²) in [6, 6.07) is 7.91. The molecule has 21 heavy (non-hydrogen) atoms. The lowest BCUT2D eigenvalue weighted by molar-refractivity contribution is 0.402. The smallest absolute Gasteiger partial charge is 0.198 e. The third kappa shape index (κ3) is 3.83. The number of benzene rings is 2. The van der Waals surface area contributed by atoms with E-state index in [1.807, 2.05) is 19.9 Å². The first-order valence-corrected chi connectivity index (χ1v) is 8.35. The SMILES string of the molecule is CC(C)c1cc(Br)ccc1Oc1c(F)cc(CBr)cc1F. The van der Waals surface area contributed by atoms with Gasteiger partial charge in [-0.05, 0) is 47.4 Å². The highest BCUT2D eigenvalue weighted by Gasteiger charge is 2.16. The molecule has 0 N–H and O–H groups in total. The summed E-state index contributed by atoms with van der Waals surface area (Å²) in [4.78, 5) is 0. The van der Waals surface area contributed by atoms with Gasteiger partial charge < -0.3 is 4.74 Å². The third-order valence-electron chi connectivity index (χ3n) is 3.02. The monoisotopic (exact) mass is 418 g/mol. The predicted molar refractivity (Wildman–Crippen MR) is 87.3 cm³/mol. The van der Waals surface area contributed by atoms with E-state index < -0.39 is 11.6 Å². The van der Waals surface area contributed by atoms with E-state index in [1.165, 1.54) is 12.1 Å². The van der Waals surface area contributed by atoms with Crippen LogP contribution in [-0.4, -0.2) is 0 Å². The molecule has 0 amide bonds. The molecule has 112 valence electrons. The molecule has 0 saturated heterocycles. The number of hydrogen-bond acceptors (Lipinski definition) is 1. The maximum Gasteiger partial charge on any atom is 0.198 e. The van der Waals surface area contributed by atoms with E-state index >= 15 is 0 Å². The number of rotatable bonds is 4. The normalized spacial score (nSPS) is 11.0. The second kappa shape index (κ2) is 6.88. The van der Waals surface area contributed by atoms with Gasteiger partial charge in [0.25, 0.3) is 0 Å². The van der Waals surface area contributed by atoms with E-state index in [9.17, 15) is 8.78 Å². The predicted octanol–water partition coefficient (Wildman–Crippen LogP) is 6.54. The van der Waals surface area contributed by atoms with E-state index in [1.54, 1.807) is 12.1 Å². The molecular formula is C16H14Br2F2O. The second-order valence-electron chi connectivity index (χ2n) is 4.96. The lowest BCUT2D eigenvalue weighted by Gasteiger charge is -2.15. The largest absolute Gasteiger partial charge is 0.451 e. The Kier molecular flexibility index (Phi) is 5.38. The molecule has 0 aliphatic heterocycles. The Bertz CT molecular complexity index is 634. The zero-order valence-corrected chi connectivity index (χ0v) is 14.8. The van der Waals surface area contributed by atoms with Crippen LogP contribution in [-0.2, 0) is 5.33 Å². The minimum atomic E-state index is -0.706. The fourth-order valence-electron chi connectivity index (χ4n) is 1.96. The summed E-state index contributed by atoms with van der Waals surface area (Å²) in [7, 11) is 0. The Morgan fingerprint density at radius 1 is 1.10 bits per heavy atom. The van der Waals surface area contributed by atoms with Crippen LogP contribution in [0.15, 0.2) is 34.8 Å². The first-order valence-electron chi connectivity index (χ1n) is 6.43. The Balaban J connectivity index is 2.43. The van der Waals surface area contributed by atoms with Crippen molar-refractivity contribution in [3.05, 3.63) is 57.6 Å². The third-order valence-corrected chi connectivity index (χ3v) is 4.16. The number of halogens is 4. The van der Waals surface area contributed by atoms with E-state index in [0.717, 1.165) is 10.0 Å². The second-order valence-corrected chi connectivity index (χ2v) is 6.44. The van der Waals surface area contributed by atoms with Crippen LogP contribution in [0.3, 0.4) is 0 Å². The standard InChI is InChI=1S/C16H14Br2F2O/c1-9(2)12-7-11(18)3-4-15(12)21-16-13(19)5-10(8-17)6-14(16)20/h3-7,9H,8H2,1-2H3. The summed E-state index contributed by atoms with van der Waals surface area (Å²) in [6.07, 6.45) is 0. The molecule has 2 aromatic rings. The lowest BCUT2D eigenvalue weighted by atomic mass is 10.0. The van der Waals surface area contributed by atoms with Crippen LogP contribution in [0.25, 0.3) is 0 Å². The van der Waals surface area contributed by atoms with Crippen molar-refractivity contribution in [2.24, 2.45) is 0 Å². The van der Waals surface area contributed by atoms with Gasteiger partial charge in [-0.25, -0.2) is 8.78 Å². The minimum Gasteiger partial charge on any atom is -0.451 e. The van der Waals surface area contributed by atoms with Gasteiger partial charge in [-0.2, -0.15) is 0 Å². The highest BCUT2D eigenvalue weighted by atomic mass is 79.9. The first kappa shape index (κ1) is 16.4. The van der Waals surface area contributed by atoms with Crippen molar-refractivity contribution >= 4 is 31.9 Å². The Hall–Kier alpha value is -0.940. The van der Waals surface area contributed by atoms with Crippen molar-refractivity contribution in [2.75, 3.05) is 0 Å². The number of hydrogen-bond donors (Lipinski definition) is 0. The summed E-state index contributed by atoms with van der Waals surface area (Å²) < 4.78 is 34.4. The molecular weight excluding hydrogens is 406 g/mol. The highest BCUT2D eigenvalue weighted by molar-refractivity contribution is 9.10. The van der Waals surface area contributed by atoms with Gasteiger partial charge in [0.15, 0.2) is 17.4 Å². The molecule has 0 fully saturated rings. The van der Waals surface area contributed by atoms with Gasteiger partial charge in [0.1, 0.15) is 5.75 Å². The van der Waals surface area contributed by atoms with Gasteiger partial charge in [0.05, 0.1) is 0 Å². The maximum absolute atomic E-state index is 14.0. The van der Waals surface area contributed by atoms with Crippen LogP contribution in [0.5, 0.6) is 11.5 Å². The molecule has 5 heteroatoms. The Morgan fingerprint density at radius 3 is 2.24 bits per heavy atom. The van der Waals surface area contributed by atoms with Gasteiger partial charge in [-0.3, -0.25) is 0 Å². The van der Waals surface area contributed by atoms with E-state index in [2.05, 4.69) is 31.9 Å². The van der Waals surface area contributed by atoms with Crippen molar-refractivity contribution in [2.45, 2.75) is 25.1 Å². The van der Waals surface area contributed by atoms with Crippen LogP contribution in [0.4, 0.5) is 8.78 Å². The molecule has 1 nitrogen and oxygen atoms in total. The van der Waals surface area contributed by atoms with Crippen molar-refractivity contribution in [1.82, 2.24) is 0 Å². The molecule has 0 aliphatic carbocycles. The number of ether oxygens (including phenoxy) is 1. The maximum atomic E-state index is 14.0. The molecule has 0 aliphatic rings. The fraction of sp³-hybridized carbons (Fsp3) is 0.250. The average molecular weight is 420 g/mol. The number of alkyl halides is 1. The zero-order valence-electron chi connectivity index (χ0n) is 11.6. The van der Waals surface area contributed by atoms with Gasteiger partial charge in [-0.1, -0.05) is 45.7 Å². The van der Waals surface area contributed by atoms with Gasteiger partial charge in [0.2, 0.25) is 0 Å². The van der Waals surface area contributed by atoms with Crippen molar-refractivity contribution in [3.8, 4) is 11.5 Å². The average Bonchev–Trinajstić information content (AvgIpc) is 2.43. The Labute approximate surface area is 139 Å². The molecule has 0 aromatic heterocycles. The molecule has 0 atom stereocenters. The van der Waals surface area contributed by atoms with Crippen LogP contribution < -0.4 is 4.74 Å². The summed E-state index contributed by atoms with van der Waals surface area (Å²) in [5.41, 5.74) is 1.41. The van der Waals surface area contributed by atoms with E-state index in [-0.39, 0.29) is 11.7 Å². The van der Waals surface area contributed by atoms with Crippen LogP contribution in [0.1, 0.15) is 30.9 Å². The molecule has 0 spiro atoms. The topological polar surface area (TPSA) is 9.23 Å². The molecule has 0 saturated carbocycles. The Morgan fingerprint density at radius 2 is 1.71 bits per heavy atom. The summed E-state index contributed by atoms with van der Waals surface area (Å²) in [5, 5.41) is 0.386. The lowest BCUT2D eigenvalue weighted by Crippen LogP contribution is -1.98. The molecule has 0 radical (unpaired) electrons. The van der Waals surface area contributed by atoms with Gasteiger partial charge in [0, 0.05) is 9.80 Å².